The van der Waals surface area contributed by atoms with Crippen molar-refractivity contribution in [3.63, 3.8) is 0 Å². The van der Waals surface area contributed by atoms with E-state index in [4.69, 9.17) is 16.3 Å². The maximum Gasteiger partial charge on any atom is 0.262 e. The molecule has 1 aromatic heterocycles. The summed E-state index contributed by atoms with van der Waals surface area (Å²) in [6, 6.07) is 14.0. The van der Waals surface area contributed by atoms with Crippen molar-refractivity contribution in [2.75, 3.05) is 16.6 Å². The molecule has 7 nitrogen and oxygen atoms in total. The number of rotatable bonds is 7. The van der Waals surface area contributed by atoms with Crippen LogP contribution in [0.4, 0.5) is 11.4 Å². The fraction of sp³-hybridized carbons (Fsp3) is 0.0526. The van der Waals surface area contributed by atoms with Crippen molar-refractivity contribution >= 4 is 54.8 Å². The number of hydrogen-bond donors (Lipinski definition) is 2. The van der Waals surface area contributed by atoms with Gasteiger partial charge in [0.05, 0.1) is 21.8 Å². The van der Waals surface area contributed by atoms with Crippen LogP contribution in [-0.4, -0.2) is 25.9 Å². The van der Waals surface area contributed by atoms with E-state index < -0.39 is 15.9 Å². The first-order valence-corrected chi connectivity index (χ1v) is 10.9. The molecule has 0 saturated carbocycles. The smallest absolute Gasteiger partial charge is 0.262 e. The minimum Gasteiger partial charge on any atom is -0.482 e. The number of hydrogen-bond acceptors (Lipinski definition) is 5. The Hall–Kier alpha value is -2.62. The van der Waals surface area contributed by atoms with Crippen LogP contribution in [0.5, 0.6) is 5.75 Å². The van der Waals surface area contributed by atoms with Crippen molar-refractivity contribution in [3.05, 3.63) is 76.5 Å². The first-order valence-electron chi connectivity index (χ1n) is 8.24. The number of carbonyl (C=O) groups excluding carboxylic acids is 1. The lowest BCUT2D eigenvalue weighted by Crippen LogP contribution is -2.20. The van der Waals surface area contributed by atoms with Gasteiger partial charge in [-0.05, 0) is 54.6 Å². The van der Waals surface area contributed by atoms with Crippen LogP contribution >= 0.6 is 27.5 Å². The number of nitrogens with zero attached hydrogens (tertiary/aromatic N) is 1. The van der Waals surface area contributed by atoms with Gasteiger partial charge in [0.25, 0.3) is 15.9 Å². The first kappa shape index (κ1) is 21.1. The maximum atomic E-state index is 12.4. The van der Waals surface area contributed by atoms with Gasteiger partial charge in [-0.2, -0.15) is 0 Å². The number of benzene rings is 2. The largest absolute Gasteiger partial charge is 0.482 e. The summed E-state index contributed by atoms with van der Waals surface area (Å²) in [5.74, 6) is -0.0268. The molecular weight excluding hydrogens is 482 g/mol. The number of carbonyl (C=O) groups is 1. The van der Waals surface area contributed by atoms with E-state index in [0.29, 0.717) is 22.1 Å². The molecule has 1 amide bonds. The average molecular weight is 497 g/mol. The fourth-order valence-electron chi connectivity index (χ4n) is 2.29. The Bertz CT molecular complexity index is 1110. The molecule has 3 aromatic rings. The van der Waals surface area contributed by atoms with Crippen LogP contribution in [0, 0.1) is 0 Å². The molecule has 0 aliphatic rings. The van der Waals surface area contributed by atoms with Gasteiger partial charge in [0.1, 0.15) is 5.75 Å². The van der Waals surface area contributed by atoms with Gasteiger partial charge in [-0.1, -0.05) is 27.5 Å². The van der Waals surface area contributed by atoms with Crippen molar-refractivity contribution in [1.29, 1.82) is 0 Å². The van der Waals surface area contributed by atoms with Crippen LogP contribution in [0.1, 0.15) is 0 Å². The lowest BCUT2D eigenvalue weighted by atomic mass is 10.3. The van der Waals surface area contributed by atoms with E-state index in [2.05, 4.69) is 31.0 Å². The van der Waals surface area contributed by atoms with Crippen LogP contribution < -0.4 is 14.8 Å². The Morgan fingerprint density at radius 1 is 1.10 bits per heavy atom. The Kier molecular flexibility index (Phi) is 6.73. The van der Waals surface area contributed by atoms with Crippen molar-refractivity contribution in [1.82, 2.24) is 4.98 Å². The molecule has 10 heteroatoms. The molecule has 1 heterocycles. The third kappa shape index (κ3) is 5.93. The third-order valence-electron chi connectivity index (χ3n) is 3.61. The molecule has 0 unspecified atom stereocenters. The predicted octanol–water partition coefficient (Wildman–Crippen LogP) is 4.32. The number of nitrogens with one attached hydrogen (secondary N) is 2. The second-order valence-electron chi connectivity index (χ2n) is 5.78. The highest BCUT2D eigenvalue weighted by Crippen LogP contribution is 2.27. The van der Waals surface area contributed by atoms with Gasteiger partial charge in [-0.3, -0.25) is 14.5 Å². The summed E-state index contributed by atoms with van der Waals surface area (Å²) in [6.07, 6.45) is 2.95. The number of ether oxygens (including phenoxy) is 1. The molecule has 0 aliphatic carbocycles. The standard InChI is InChI=1S/C19H15BrClN3O4S/c20-13-3-8-18(17(21)10-13)28-12-19(25)23-14-4-6-16(7-5-14)29(26,27)24-15-2-1-9-22-11-15/h1-11,24H,12H2,(H,23,25). The molecule has 150 valence electrons. The number of anilines is 2. The molecule has 0 fully saturated rings. The lowest BCUT2D eigenvalue weighted by molar-refractivity contribution is -0.118. The van der Waals surface area contributed by atoms with Crippen LogP contribution in [0.2, 0.25) is 5.02 Å². The molecule has 0 radical (unpaired) electrons. The minimum atomic E-state index is -3.76. The van der Waals surface area contributed by atoms with E-state index in [0.717, 1.165) is 4.47 Å². The van der Waals surface area contributed by atoms with Crippen molar-refractivity contribution in [3.8, 4) is 5.75 Å². The van der Waals surface area contributed by atoms with Crippen LogP contribution in [0.15, 0.2) is 76.4 Å². The third-order valence-corrected chi connectivity index (χ3v) is 5.80. The summed E-state index contributed by atoms with van der Waals surface area (Å²) in [5, 5.41) is 3.01. The van der Waals surface area contributed by atoms with Crippen molar-refractivity contribution in [2.24, 2.45) is 0 Å². The van der Waals surface area contributed by atoms with Crippen molar-refractivity contribution < 1.29 is 17.9 Å². The molecule has 0 spiro atoms. The fourth-order valence-corrected chi connectivity index (χ4v) is 4.06. The van der Waals surface area contributed by atoms with Gasteiger partial charge in [-0.25, -0.2) is 8.42 Å². The first-order chi connectivity index (χ1) is 13.8. The highest BCUT2D eigenvalue weighted by molar-refractivity contribution is 9.10. The van der Waals surface area contributed by atoms with Gasteiger partial charge in [0, 0.05) is 16.4 Å². The quantitative estimate of drug-likeness (QED) is 0.508. The van der Waals surface area contributed by atoms with E-state index in [1.165, 1.54) is 30.5 Å². The van der Waals surface area contributed by atoms with Crippen LogP contribution in [-0.2, 0) is 14.8 Å². The number of pyridine rings is 1. The van der Waals surface area contributed by atoms with Gasteiger partial charge in [0.15, 0.2) is 6.61 Å². The van der Waals surface area contributed by atoms with Crippen LogP contribution in [0.25, 0.3) is 0 Å². The second-order valence-corrected chi connectivity index (χ2v) is 8.79. The zero-order valence-corrected chi connectivity index (χ0v) is 18.0. The molecule has 3 rings (SSSR count). The molecule has 2 aromatic carbocycles. The number of sulfonamides is 1. The van der Waals surface area contributed by atoms with E-state index in [1.54, 1.807) is 36.5 Å². The predicted molar refractivity (Wildman–Crippen MR) is 115 cm³/mol. The molecular formula is C19H15BrClN3O4S. The summed E-state index contributed by atoms with van der Waals surface area (Å²) in [5.41, 5.74) is 0.787. The Morgan fingerprint density at radius 3 is 2.52 bits per heavy atom. The number of aromatic nitrogens is 1. The second kappa shape index (κ2) is 9.25. The summed E-state index contributed by atoms with van der Waals surface area (Å²) < 4.78 is 33.4. The van der Waals surface area contributed by atoms with E-state index in [9.17, 15) is 13.2 Å². The zero-order chi connectivity index (χ0) is 20.9. The average Bonchev–Trinajstić information content (AvgIpc) is 2.68. The minimum absolute atomic E-state index is 0.0530. The van der Waals surface area contributed by atoms with Crippen molar-refractivity contribution in [2.45, 2.75) is 4.90 Å². The summed E-state index contributed by atoms with van der Waals surface area (Å²) in [7, 11) is -3.76. The number of halogens is 2. The molecule has 29 heavy (non-hydrogen) atoms. The van der Waals surface area contributed by atoms with Crippen LogP contribution in [0.3, 0.4) is 0 Å². The van der Waals surface area contributed by atoms with Gasteiger partial charge in [0.2, 0.25) is 0 Å². The molecule has 0 aliphatic heterocycles. The highest BCUT2D eigenvalue weighted by atomic mass is 79.9. The van der Waals surface area contributed by atoms with E-state index >= 15 is 0 Å². The zero-order valence-electron chi connectivity index (χ0n) is 14.8. The maximum absolute atomic E-state index is 12.4. The lowest BCUT2D eigenvalue weighted by Gasteiger charge is -2.10. The van der Waals surface area contributed by atoms with E-state index in [-0.39, 0.29) is 11.5 Å². The summed E-state index contributed by atoms with van der Waals surface area (Å²) in [6.45, 7) is -0.246. The molecule has 2 N–H and O–H groups in total. The molecule has 0 atom stereocenters. The normalized spacial score (nSPS) is 11.0. The number of amides is 1. The van der Waals surface area contributed by atoms with Gasteiger partial charge < -0.3 is 10.1 Å². The van der Waals surface area contributed by atoms with Gasteiger partial charge in [-0.15, -0.1) is 0 Å². The Labute approximate surface area is 181 Å². The monoisotopic (exact) mass is 495 g/mol. The summed E-state index contributed by atoms with van der Waals surface area (Å²) >= 11 is 9.33. The van der Waals surface area contributed by atoms with Gasteiger partial charge >= 0.3 is 0 Å². The molecule has 0 bridgehead atoms. The highest BCUT2D eigenvalue weighted by Gasteiger charge is 2.14. The molecule has 0 saturated heterocycles. The van der Waals surface area contributed by atoms with E-state index in [1.807, 2.05) is 0 Å². The Morgan fingerprint density at radius 2 is 1.86 bits per heavy atom. The Balaban J connectivity index is 1.59. The summed E-state index contributed by atoms with van der Waals surface area (Å²) in [4.78, 5) is 16.0. The topological polar surface area (TPSA) is 97.4 Å². The SMILES string of the molecule is O=C(COc1ccc(Br)cc1Cl)Nc1ccc(S(=O)(=O)Nc2cccnc2)cc1.